The van der Waals surface area contributed by atoms with Gasteiger partial charge in [-0.15, -0.1) is 12.4 Å². The van der Waals surface area contributed by atoms with Crippen molar-refractivity contribution in [1.29, 1.82) is 0 Å². The summed E-state index contributed by atoms with van der Waals surface area (Å²) in [6.07, 6.45) is 6.35. The molecule has 146 valence electrons. The number of benzene rings is 1. The minimum Gasteiger partial charge on any atom is -0.493 e. The predicted molar refractivity (Wildman–Crippen MR) is 105 cm³/mol. The van der Waals surface area contributed by atoms with Gasteiger partial charge in [0.2, 0.25) is 5.91 Å². The second-order valence-corrected chi connectivity index (χ2v) is 7.43. The smallest absolute Gasteiger partial charge is 0.223 e. The molecule has 3 rings (SSSR count). The van der Waals surface area contributed by atoms with Crippen molar-refractivity contribution >= 4 is 18.3 Å². The number of halogens is 1. The first kappa shape index (κ1) is 20.8. The highest BCUT2D eigenvalue weighted by atomic mass is 35.5. The molecule has 2 atom stereocenters. The van der Waals surface area contributed by atoms with Crippen molar-refractivity contribution in [2.24, 2.45) is 23.5 Å². The highest BCUT2D eigenvalue weighted by Crippen LogP contribution is 2.41. The third-order valence-electron chi connectivity index (χ3n) is 5.94. The summed E-state index contributed by atoms with van der Waals surface area (Å²) in [7, 11) is 3.26. The molecule has 1 amide bonds. The topological polar surface area (TPSA) is 73.6 Å². The number of rotatable bonds is 6. The zero-order chi connectivity index (χ0) is 17.8. The molecule has 3 N–H and O–H groups in total. The first-order chi connectivity index (χ1) is 12.1. The number of ether oxygens (including phenoxy) is 2. The third kappa shape index (κ3) is 4.63. The molecule has 2 aliphatic rings. The second kappa shape index (κ2) is 9.47. The zero-order valence-corrected chi connectivity index (χ0v) is 16.5. The highest BCUT2D eigenvalue weighted by molar-refractivity contribution is 5.85. The maximum absolute atomic E-state index is 12.6. The predicted octanol–water partition coefficient (Wildman–Crippen LogP) is 2.94. The molecular formula is C20H31ClN2O3. The number of carbonyl (C=O) groups is 1. The Morgan fingerprint density at radius 3 is 2.42 bits per heavy atom. The van der Waals surface area contributed by atoms with E-state index < -0.39 is 0 Å². The van der Waals surface area contributed by atoms with Crippen LogP contribution in [0.4, 0.5) is 0 Å². The van der Waals surface area contributed by atoms with Crippen LogP contribution in [0.3, 0.4) is 0 Å². The Kier molecular flexibility index (Phi) is 7.59. The van der Waals surface area contributed by atoms with E-state index in [9.17, 15) is 4.79 Å². The van der Waals surface area contributed by atoms with Crippen molar-refractivity contribution < 1.29 is 14.3 Å². The van der Waals surface area contributed by atoms with Crippen molar-refractivity contribution in [3.8, 4) is 11.5 Å². The van der Waals surface area contributed by atoms with E-state index in [0.29, 0.717) is 24.4 Å². The van der Waals surface area contributed by atoms with Crippen LogP contribution in [0.2, 0.25) is 0 Å². The fraction of sp³-hybridized carbons (Fsp3) is 0.650. The van der Waals surface area contributed by atoms with E-state index in [0.717, 1.165) is 36.3 Å². The lowest BCUT2D eigenvalue weighted by molar-refractivity contribution is -0.127. The second-order valence-electron chi connectivity index (χ2n) is 7.43. The molecule has 2 unspecified atom stereocenters. The Morgan fingerprint density at radius 1 is 1.15 bits per heavy atom. The summed E-state index contributed by atoms with van der Waals surface area (Å²) < 4.78 is 10.6. The van der Waals surface area contributed by atoms with Crippen LogP contribution in [0.1, 0.15) is 37.7 Å². The lowest BCUT2D eigenvalue weighted by Crippen LogP contribution is -2.49. The molecule has 26 heavy (non-hydrogen) atoms. The van der Waals surface area contributed by atoms with Gasteiger partial charge in [0.05, 0.1) is 14.2 Å². The Hall–Kier alpha value is -1.46. The number of hydrogen-bond donors (Lipinski definition) is 2. The van der Waals surface area contributed by atoms with E-state index in [1.807, 2.05) is 18.2 Å². The fourth-order valence-electron chi connectivity index (χ4n) is 4.51. The van der Waals surface area contributed by atoms with Gasteiger partial charge in [0, 0.05) is 18.5 Å². The molecule has 2 aliphatic carbocycles. The molecule has 0 spiro atoms. The van der Waals surface area contributed by atoms with E-state index in [1.165, 1.54) is 19.3 Å². The third-order valence-corrected chi connectivity index (χ3v) is 5.94. The standard InChI is InChI=1S/C20H30N2O3.ClH/c1-24-17-7-6-13(10-18(17)25-2)8-9-22-20(23)16-11-14-4-3-5-15(12-16)19(14)21;/h6-7,10,14-16,19H,3-5,8-9,11-12,21H2,1-2H3,(H,22,23);1H. The van der Waals surface area contributed by atoms with E-state index >= 15 is 0 Å². The van der Waals surface area contributed by atoms with Crippen LogP contribution in [0.25, 0.3) is 0 Å². The number of nitrogens with one attached hydrogen (secondary N) is 1. The van der Waals surface area contributed by atoms with E-state index in [-0.39, 0.29) is 24.2 Å². The molecule has 2 bridgehead atoms. The Balaban J connectivity index is 0.00000243. The summed E-state index contributed by atoms with van der Waals surface area (Å²) in [6, 6.07) is 6.19. The lowest BCUT2D eigenvalue weighted by atomic mass is 9.65. The summed E-state index contributed by atoms with van der Waals surface area (Å²) in [5, 5.41) is 3.12. The van der Waals surface area contributed by atoms with Crippen LogP contribution in [0.5, 0.6) is 11.5 Å². The number of nitrogens with two attached hydrogens (primary N) is 1. The summed E-state index contributed by atoms with van der Waals surface area (Å²) >= 11 is 0. The summed E-state index contributed by atoms with van der Waals surface area (Å²) in [5.74, 6) is 2.86. The minimum atomic E-state index is 0. The molecule has 0 aromatic heterocycles. The van der Waals surface area contributed by atoms with Gasteiger partial charge in [-0.1, -0.05) is 12.5 Å². The monoisotopic (exact) mass is 382 g/mol. The summed E-state index contributed by atoms with van der Waals surface area (Å²) in [4.78, 5) is 12.6. The molecule has 0 heterocycles. The molecule has 5 nitrogen and oxygen atoms in total. The average Bonchev–Trinajstić information content (AvgIpc) is 2.61. The van der Waals surface area contributed by atoms with Gasteiger partial charge < -0.3 is 20.5 Å². The van der Waals surface area contributed by atoms with Crippen molar-refractivity contribution in [2.75, 3.05) is 20.8 Å². The van der Waals surface area contributed by atoms with Gasteiger partial charge in [-0.05, 0) is 61.6 Å². The highest BCUT2D eigenvalue weighted by Gasteiger charge is 2.40. The van der Waals surface area contributed by atoms with Crippen LogP contribution >= 0.6 is 12.4 Å². The van der Waals surface area contributed by atoms with Crippen molar-refractivity contribution in [3.63, 3.8) is 0 Å². The quantitative estimate of drug-likeness (QED) is 0.793. The summed E-state index contributed by atoms with van der Waals surface area (Å²) in [6.45, 7) is 0.645. The average molecular weight is 383 g/mol. The Bertz CT molecular complexity index is 597. The molecule has 0 radical (unpaired) electrons. The van der Waals surface area contributed by atoms with E-state index in [4.69, 9.17) is 15.2 Å². The van der Waals surface area contributed by atoms with E-state index in [2.05, 4.69) is 5.32 Å². The molecule has 6 heteroatoms. The molecule has 0 aliphatic heterocycles. The summed E-state index contributed by atoms with van der Waals surface area (Å²) in [5.41, 5.74) is 7.45. The maximum Gasteiger partial charge on any atom is 0.223 e. The van der Waals surface area contributed by atoms with Crippen LogP contribution in [-0.2, 0) is 11.2 Å². The van der Waals surface area contributed by atoms with Crippen LogP contribution in [-0.4, -0.2) is 32.7 Å². The number of fused-ring (bicyclic) bond motifs is 2. The van der Waals surface area contributed by atoms with Gasteiger partial charge >= 0.3 is 0 Å². The Labute approximate surface area is 162 Å². The van der Waals surface area contributed by atoms with E-state index in [1.54, 1.807) is 14.2 Å². The van der Waals surface area contributed by atoms with Crippen LogP contribution in [0, 0.1) is 17.8 Å². The first-order valence-electron chi connectivity index (χ1n) is 9.36. The van der Waals surface area contributed by atoms with Gasteiger partial charge in [0.1, 0.15) is 0 Å². The number of amides is 1. The van der Waals surface area contributed by atoms with Crippen molar-refractivity contribution in [3.05, 3.63) is 23.8 Å². The van der Waals surface area contributed by atoms with Crippen molar-refractivity contribution in [2.45, 2.75) is 44.6 Å². The van der Waals surface area contributed by atoms with Crippen LogP contribution in [0.15, 0.2) is 18.2 Å². The largest absolute Gasteiger partial charge is 0.493 e. The number of carbonyl (C=O) groups excluding carboxylic acids is 1. The molecule has 1 aromatic carbocycles. The van der Waals surface area contributed by atoms with Crippen molar-refractivity contribution in [1.82, 2.24) is 5.32 Å². The molecule has 1 aromatic rings. The van der Waals surface area contributed by atoms with Gasteiger partial charge in [0.25, 0.3) is 0 Å². The normalized spacial score (nSPS) is 27.2. The SMILES string of the molecule is COc1ccc(CCNC(=O)C2CC3CCCC(C2)C3N)cc1OC.Cl. The van der Waals surface area contributed by atoms with Gasteiger partial charge in [-0.25, -0.2) is 0 Å². The maximum atomic E-state index is 12.6. The number of hydrogen-bond acceptors (Lipinski definition) is 4. The van der Waals surface area contributed by atoms with Gasteiger partial charge in [0.15, 0.2) is 11.5 Å². The minimum absolute atomic E-state index is 0. The fourth-order valence-corrected chi connectivity index (χ4v) is 4.51. The molecule has 2 saturated carbocycles. The lowest BCUT2D eigenvalue weighted by Gasteiger charge is -2.43. The number of methoxy groups -OCH3 is 2. The van der Waals surface area contributed by atoms with Gasteiger partial charge in [-0.2, -0.15) is 0 Å². The Morgan fingerprint density at radius 2 is 1.81 bits per heavy atom. The molecular weight excluding hydrogens is 352 g/mol. The van der Waals surface area contributed by atoms with Gasteiger partial charge in [-0.3, -0.25) is 4.79 Å². The molecule has 2 fully saturated rings. The van der Waals surface area contributed by atoms with Crippen LogP contribution < -0.4 is 20.5 Å². The first-order valence-corrected chi connectivity index (χ1v) is 9.36. The zero-order valence-electron chi connectivity index (χ0n) is 15.7. The molecule has 0 saturated heterocycles.